The van der Waals surface area contributed by atoms with Crippen LogP contribution in [-0.2, 0) is 27.7 Å². The molecule has 0 saturated heterocycles. The van der Waals surface area contributed by atoms with Gasteiger partial charge in [0.25, 0.3) is 0 Å². The summed E-state index contributed by atoms with van der Waals surface area (Å²) in [6, 6.07) is 6.55. The highest BCUT2D eigenvalue weighted by Gasteiger charge is 2.26. The van der Waals surface area contributed by atoms with E-state index in [9.17, 15) is 13.2 Å². The molecule has 8 heteroatoms. The van der Waals surface area contributed by atoms with Crippen LogP contribution in [0.25, 0.3) is 0 Å². The Balaban J connectivity index is 1.82. The van der Waals surface area contributed by atoms with Gasteiger partial charge < -0.3 is 9.29 Å². The summed E-state index contributed by atoms with van der Waals surface area (Å²) in [5.74, 6) is 0.223. The average molecular weight is 365 g/mol. The van der Waals surface area contributed by atoms with Crippen molar-refractivity contribution in [2.24, 2.45) is 0 Å². The van der Waals surface area contributed by atoms with Crippen LogP contribution < -0.4 is 4.74 Å². The van der Waals surface area contributed by atoms with Crippen molar-refractivity contribution < 1.29 is 17.9 Å². The molecule has 1 aromatic heterocycles. The number of ether oxygens (including phenoxy) is 1. The topological polar surface area (TPSA) is 68.7 Å². The third-order valence-corrected chi connectivity index (χ3v) is 5.94. The lowest BCUT2D eigenvalue weighted by molar-refractivity contribution is 0.217. The van der Waals surface area contributed by atoms with Crippen molar-refractivity contribution in [3.63, 3.8) is 0 Å². The van der Waals surface area contributed by atoms with Crippen LogP contribution in [-0.4, -0.2) is 46.0 Å². The van der Waals surface area contributed by atoms with Crippen LogP contribution in [0.5, 0.6) is 5.75 Å². The van der Waals surface area contributed by atoms with Crippen LogP contribution in [0.1, 0.15) is 11.1 Å². The van der Waals surface area contributed by atoms with E-state index in [-0.39, 0.29) is 10.7 Å². The zero-order chi connectivity index (χ0) is 18.0. The zero-order valence-electron chi connectivity index (χ0n) is 14.1. The average Bonchev–Trinajstić information content (AvgIpc) is 2.77. The van der Waals surface area contributed by atoms with Crippen LogP contribution in [0, 0.1) is 5.82 Å². The highest BCUT2D eigenvalue weighted by Crippen LogP contribution is 2.29. The SMILES string of the molecule is CN(C)[S+](=O)([O-])c1ccc2c(c1)OCCN(Cc1ccncc1F)C2. The molecule has 0 N–H and O–H groups in total. The van der Waals surface area contributed by atoms with E-state index in [4.69, 9.17) is 4.74 Å². The fourth-order valence-electron chi connectivity index (χ4n) is 2.68. The van der Waals surface area contributed by atoms with Crippen LogP contribution in [0.4, 0.5) is 4.39 Å². The molecule has 1 unspecified atom stereocenters. The molecule has 2 heterocycles. The number of hydrogen-bond acceptors (Lipinski definition) is 5. The summed E-state index contributed by atoms with van der Waals surface area (Å²) in [4.78, 5) is 6.02. The van der Waals surface area contributed by atoms with E-state index in [1.54, 1.807) is 30.5 Å². The first-order chi connectivity index (χ1) is 11.9. The molecular weight excluding hydrogens is 345 g/mol. The molecular formula is C17H20FN3O3S. The number of benzene rings is 1. The molecule has 0 aliphatic carbocycles. The van der Waals surface area contributed by atoms with Crippen molar-refractivity contribution in [1.29, 1.82) is 0 Å². The smallest absolute Gasteiger partial charge is 0.179 e. The number of aromatic nitrogens is 1. The second-order valence-electron chi connectivity index (χ2n) is 6.08. The van der Waals surface area contributed by atoms with Crippen LogP contribution >= 0.6 is 0 Å². The summed E-state index contributed by atoms with van der Waals surface area (Å²) < 4.78 is 45.2. The molecule has 0 spiro atoms. The van der Waals surface area contributed by atoms with Crippen LogP contribution in [0.2, 0.25) is 0 Å². The number of halogens is 1. The van der Waals surface area contributed by atoms with Gasteiger partial charge in [-0.05, 0) is 18.2 Å². The number of fused-ring (bicyclic) bond motifs is 1. The third kappa shape index (κ3) is 3.87. The molecule has 25 heavy (non-hydrogen) atoms. The molecule has 2 aromatic rings. The summed E-state index contributed by atoms with van der Waals surface area (Å²) >= 11 is 0. The molecule has 3 rings (SSSR count). The maximum absolute atomic E-state index is 13.8. The molecule has 1 atom stereocenters. The number of hydrogen-bond donors (Lipinski definition) is 0. The Morgan fingerprint density at radius 2 is 2.20 bits per heavy atom. The van der Waals surface area contributed by atoms with Gasteiger partial charge in [-0.15, -0.1) is 4.31 Å². The largest absolute Gasteiger partial charge is 0.593 e. The van der Waals surface area contributed by atoms with E-state index >= 15 is 0 Å². The summed E-state index contributed by atoms with van der Waals surface area (Å²) in [6.45, 7) is 2.02. The molecule has 0 fully saturated rings. The minimum atomic E-state index is -3.51. The van der Waals surface area contributed by atoms with E-state index < -0.39 is 10.4 Å². The maximum atomic E-state index is 13.8. The Labute approximate surface area is 147 Å². The third-order valence-electron chi connectivity index (χ3n) is 4.13. The van der Waals surface area contributed by atoms with Crippen molar-refractivity contribution in [3.8, 4) is 5.75 Å². The van der Waals surface area contributed by atoms with Gasteiger partial charge in [0.05, 0.1) is 6.20 Å². The minimum absolute atomic E-state index is 0.199. The van der Waals surface area contributed by atoms with Crippen LogP contribution in [0.3, 0.4) is 0 Å². The monoisotopic (exact) mass is 365 g/mol. The lowest BCUT2D eigenvalue weighted by Gasteiger charge is -2.21. The molecule has 1 aliphatic rings. The quantitative estimate of drug-likeness (QED) is 0.776. The Hall–Kier alpha value is -1.87. The second-order valence-corrected chi connectivity index (χ2v) is 8.23. The fourth-order valence-corrected chi connectivity index (χ4v) is 3.60. The molecule has 134 valence electrons. The van der Waals surface area contributed by atoms with Crippen molar-refractivity contribution in [1.82, 2.24) is 14.2 Å². The minimum Gasteiger partial charge on any atom is -0.593 e. The van der Waals surface area contributed by atoms with E-state index in [0.717, 1.165) is 5.56 Å². The normalized spacial score (nSPS) is 17.5. The number of sulfonamides is 1. The lowest BCUT2D eigenvalue weighted by Crippen LogP contribution is -2.29. The fraction of sp³-hybridized carbons (Fsp3) is 0.353. The van der Waals surface area contributed by atoms with Gasteiger partial charge in [0.2, 0.25) is 0 Å². The summed E-state index contributed by atoms with van der Waals surface area (Å²) in [5, 5.41) is 0. The van der Waals surface area contributed by atoms with Gasteiger partial charge in [0.1, 0.15) is 18.2 Å². The first-order valence-corrected chi connectivity index (χ1v) is 9.31. The lowest BCUT2D eigenvalue weighted by atomic mass is 10.1. The highest BCUT2D eigenvalue weighted by atomic mass is 32.3. The molecule has 0 bridgehead atoms. The van der Waals surface area contributed by atoms with E-state index in [1.165, 1.54) is 24.6 Å². The summed E-state index contributed by atoms with van der Waals surface area (Å²) in [5.41, 5.74) is 1.45. The Morgan fingerprint density at radius 3 is 2.92 bits per heavy atom. The summed E-state index contributed by atoms with van der Waals surface area (Å²) in [7, 11) is -0.521. The molecule has 0 amide bonds. The Bertz CT molecular complexity index is 815. The zero-order valence-corrected chi connectivity index (χ0v) is 15.0. The molecule has 1 aromatic carbocycles. The van der Waals surface area contributed by atoms with Crippen molar-refractivity contribution in [3.05, 3.63) is 53.6 Å². The first-order valence-electron chi connectivity index (χ1n) is 7.87. The number of pyridine rings is 1. The van der Waals surface area contributed by atoms with Gasteiger partial charge in [0.15, 0.2) is 15.3 Å². The van der Waals surface area contributed by atoms with Gasteiger partial charge in [-0.3, -0.25) is 9.88 Å². The van der Waals surface area contributed by atoms with E-state index in [2.05, 4.69) is 9.88 Å². The van der Waals surface area contributed by atoms with Gasteiger partial charge in [-0.1, -0.05) is 4.21 Å². The summed E-state index contributed by atoms with van der Waals surface area (Å²) in [6.07, 6.45) is 2.77. The molecule has 0 saturated carbocycles. The van der Waals surface area contributed by atoms with Crippen molar-refractivity contribution >= 4 is 10.4 Å². The Morgan fingerprint density at radius 1 is 1.40 bits per heavy atom. The van der Waals surface area contributed by atoms with Crippen LogP contribution in [0.15, 0.2) is 41.6 Å². The maximum Gasteiger partial charge on any atom is 0.179 e. The van der Waals surface area contributed by atoms with Gasteiger partial charge in [-0.25, -0.2) is 4.39 Å². The van der Waals surface area contributed by atoms with E-state index in [0.29, 0.717) is 37.6 Å². The standard InChI is InChI=1S/C17H20FN3O3S/c1-20(2)25(22,23)15-4-3-14-12-21(7-8-24-17(14)9-15)11-13-5-6-19-10-16(13)18/h3-6,9-10H,7-8,11-12H2,1-2H3. The predicted molar refractivity (Wildman–Crippen MR) is 91.0 cm³/mol. The van der Waals surface area contributed by atoms with Crippen molar-refractivity contribution in [2.75, 3.05) is 27.2 Å². The second kappa shape index (κ2) is 7.17. The first kappa shape index (κ1) is 17.9. The van der Waals surface area contributed by atoms with Gasteiger partial charge in [-0.2, -0.15) is 0 Å². The van der Waals surface area contributed by atoms with Gasteiger partial charge >= 0.3 is 0 Å². The number of rotatable bonds is 4. The number of nitrogens with zero attached hydrogens (tertiary/aromatic N) is 3. The predicted octanol–water partition coefficient (Wildman–Crippen LogP) is 2.08. The molecule has 0 radical (unpaired) electrons. The van der Waals surface area contributed by atoms with Crippen molar-refractivity contribution in [2.45, 2.75) is 18.0 Å². The van der Waals surface area contributed by atoms with E-state index in [1.807, 2.05) is 0 Å². The highest BCUT2D eigenvalue weighted by molar-refractivity contribution is 7.95. The Kier molecular flexibility index (Phi) is 5.14. The molecule has 1 aliphatic heterocycles. The molecule has 6 nitrogen and oxygen atoms in total. The van der Waals surface area contributed by atoms with Gasteiger partial charge in [0, 0.05) is 57.1 Å².